The molecule has 3 aromatic rings. The first-order chi connectivity index (χ1) is 12.2. The van der Waals surface area contributed by atoms with Gasteiger partial charge in [-0.2, -0.15) is 0 Å². The Balaban J connectivity index is 1.58. The highest BCUT2D eigenvalue weighted by atomic mass is 16.5. The van der Waals surface area contributed by atoms with Gasteiger partial charge in [0.15, 0.2) is 5.58 Å². The zero-order chi connectivity index (χ0) is 17.6. The van der Waals surface area contributed by atoms with Gasteiger partial charge in [-0.25, -0.2) is 0 Å². The van der Waals surface area contributed by atoms with E-state index in [4.69, 9.17) is 14.0 Å². The summed E-state index contributed by atoms with van der Waals surface area (Å²) in [4.78, 5) is 12.2. The van der Waals surface area contributed by atoms with E-state index in [1.807, 2.05) is 42.5 Å². The second-order valence-corrected chi connectivity index (χ2v) is 5.58. The third-order valence-corrected chi connectivity index (χ3v) is 3.98. The summed E-state index contributed by atoms with van der Waals surface area (Å²) < 4.78 is 15.8. The highest BCUT2D eigenvalue weighted by Crippen LogP contribution is 2.24. The number of hydrogen-bond acceptors (Lipinski definition) is 5. The van der Waals surface area contributed by atoms with Crippen molar-refractivity contribution in [1.82, 2.24) is 10.5 Å². The molecular weight excluding hydrogens is 320 g/mol. The number of carbonyl (C=O) groups excluding carboxylic acids is 1. The average molecular weight is 340 g/mol. The summed E-state index contributed by atoms with van der Waals surface area (Å²) in [6.07, 6.45) is 0.831. The summed E-state index contributed by atoms with van der Waals surface area (Å²) in [5, 5.41) is 7.75. The van der Waals surface area contributed by atoms with Crippen molar-refractivity contribution in [2.75, 3.05) is 20.8 Å². The van der Waals surface area contributed by atoms with E-state index in [0.29, 0.717) is 24.2 Å². The lowest BCUT2D eigenvalue weighted by Gasteiger charge is -2.11. The Labute approximate surface area is 145 Å². The highest BCUT2D eigenvalue weighted by Gasteiger charge is 2.12. The van der Waals surface area contributed by atoms with Crippen LogP contribution in [-0.4, -0.2) is 31.8 Å². The number of amides is 1. The minimum Gasteiger partial charge on any atom is -0.497 e. The largest absolute Gasteiger partial charge is 0.497 e. The molecule has 0 radical (unpaired) electrons. The van der Waals surface area contributed by atoms with Crippen molar-refractivity contribution < 1.29 is 18.8 Å². The van der Waals surface area contributed by atoms with E-state index in [9.17, 15) is 4.79 Å². The molecule has 0 unspecified atom stereocenters. The maximum atomic E-state index is 12.2. The molecule has 1 heterocycles. The van der Waals surface area contributed by atoms with Crippen molar-refractivity contribution >= 4 is 16.9 Å². The smallest absolute Gasteiger partial charge is 0.226 e. The van der Waals surface area contributed by atoms with Gasteiger partial charge in [0.25, 0.3) is 0 Å². The van der Waals surface area contributed by atoms with E-state index < -0.39 is 0 Å². The van der Waals surface area contributed by atoms with E-state index in [0.717, 1.165) is 22.4 Å². The fourth-order valence-corrected chi connectivity index (χ4v) is 2.69. The minimum absolute atomic E-state index is 0.0964. The summed E-state index contributed by atoms with van der Waals surface area (Å²) in [6.45, 7) is 0.498. The van der Waals surface area contributed by atoms with Gasteiger partial charge in [-0.3, -0.25) is 4.79 Å². The van der Waals surface area contributed by atoms with Crippen molar-refractivity contribution in [2.45, 2.75) is 12.8 Å². The number of rotatable bonds is 7. The zero-order valence-electron chi connectivity index (χ0n) is 14.2. The number of methoxy groups -OCH3 is 2. The van der Waals surface area contributed by atoms with Crippen LogP contribution in [0.15, 0.2) is 47.0 Å². The number of benzene rings is 2. The van der Waals surface area contributed by atoms with Gasteiger partial charge >= 0.3 is 0 Å². The zero-order valence-corrected chi connectivity index (χ0v) is 14.2. The highest BCUT2D eigenvalue weighted by molar-refractivity contribution is 5.86. The van der Waals surface area contributed by atoms with Gasteiger partial charge in [-0.15, -0.1) is 0 Å². The Hall–Kier alpha value is -3.02. The molecule has 130 valence electrons. The first-order valence-corrected chi connectivity index (χ1v) is 8.02. The van der Waals surface area contributed by atoms with Crippen LogP contribution in [0, 0.1) is 0 Å². The predicted octanol–water partition coefficient (Wildman–Crippen LogP) is 2.75. The fraction of sp³-hybridized carbons (Fsp3) is 0.263. The van der Waals surface area contributed by atoms with Gasteiger partial charge in [0, 0.05) is 11.9 Å². The van der Waals surface area contributed by atoms with Crippen LogP contribution >= 0.6 is 0 Å². The standard InChI is InChI=1S/C19H20N2O4/c1-23-14-7-8-17(24-2)13(11-14)9-10-20-19(22)12-16-15-5-3-4-6-18(15)25-21-16/h3-8,11H,9-10,12H2,1-2H3,(H,20,22). The number of carbonyl (C=O) groups is 1. The Morgan fingerprint density at radius 3 is 2.80 bits per heavy atom. The summed E-state index contributed by atoms with van der Waals surface area (Å²) >= 11 is 0. The van der Waals surface area contributed by atoms with Crippen LogP contribution in [0.4, 0.5) is 0 Å². The maximum absolute atomic E-state index is 12.2. The first-order valence-electron chi connectivity index (χ1n) is 8.02. The van der Waals surface area contributed by atoms with Gasteiger partial charge in [0.2, 0.25) is 5.91 Å². The quantitative estimate of drug-likeness (QED) is 0.716. The summed E-state index contributed by atoms with van der Waals surface area (Å²) in [5.41, 5.74) is 2.31. The first kappa shape index (κ1) is 16.8. The summed E-state index contributed by atoms with van der Waals surface area (Å²) in [5.74, 6) is 1.44. The Kier molecular flexibility index (Phi) is 5.18. The van der Waals surface area contributed by atoms with Crippen molar-refractivity contribution in [1.29, 1.82) is 0 Å². The number of para-hydroxylation sites is 1. The molecule has 0 aliphatic rings. The predicted molar refractivity (Wildman–Crippen MR) is 94.0 cm³/mol. The van der Waals surface area contributed by atoms with E-state index in [1.54, 1.807) is 14.2 Å². The van der Waals surface area contributed by atoms with Gasteiger partial charge in [0.05, 0.1) is 20.6 Å². The lowest BCUT2D eigenvalue weighted by atomic mass is 10.1. The lowest BCUT2D eigenvalue weighted by molar-refractivity contribution is -0.120. The third-order valence-electron chi connectivity index (χ3n) is 3.98. The number of hydrogen-bond donors (Lipinski definition) is 1. The molecule has 25 heavy (non-hydrogen) atoms. The average Bonchev–Trinajstić information content (AvgIpc) is 3.04. The van der Waals surface area contributed by atoms with Crippen molar-refractivity contribution in [3.63, 3.8) is 0 Å². The Bertz CT molecular complexity index is 873. The van der Waals surface area contributed by atoms with Crippen LogP contribution in [0.3, 0.4) is 0 Å². The second-order valence-electron chi connectivity index (χ2n) is 5.58. The summed E-state index contributed by atoms with van der Waals surface area (Å²) in [7, 11) is 3.25. The van der Waals surface area contributed by atoms with E-state index >= 15 is 0 Å². The molecule has 3 rings (SSSR count). The Morgan fingerprint density at radius 1 is 1.16 bits per heavy atom. The van der Waals surface area contributed by atoms with Crippen LogP contribution in [0.2, 0.25) is 0 Å². The molecule has 6 nitrogen and oxygen atoms in total. The molecule has 6 heteroatoms. The number of aromatic nitrogens is 1. The topological polar surface area (TPSA) is 73.6 Å². The van der Waals surface area contributed by atoms with Gasteiger partial charge in [0.1, 0.15) is 17.2 Å². The van der Waals surface area contributed by atoms with Crippen LogP contribution in [0.5, 0.6) is 11.5 Å². The molecule has 0 saturated carbocycles. The van der Waals surface area contributed by atoms with Crippen molar-refractivity contribution in [2.24, 2.45) is 0 Å². The fourth-order valence-electron chi connectivity index (χ4n) is 2.69. The van der Waals surface area contributed by atoms with E-state index in [-0.39, 0.29) is 12.3 Å². The van der Waals surface area contributed by atoms with Crippen LogP contribution in [0.1, 0.15) is 11.3 Å². The van der Waals surface area contributed by atoms with Crippen molar-refractivity contribution in [3.05, 3.63) is 53.7 Å². The third kappa shape index (κ3) is 3.91. The molecule has 1 N–H and O–H groups in total. The molecule has 0 aliphatic carbocycles. The molecular formula is C19H20N2O4. The number of ether oxygens (including phenoxy) is 2. The molecule has 1 aromatic heterocycles. The van der Waals surface area contributed by atoms with Gasteiger partial charge in [-0.05, 0) is 42.3 Å². The number of fused-ring (bicyclic) bond motifs is 1. The molecule has 0 fully saturated rings. The number of nitrogens with zero attached hydrogens (tertiary/aromatic N) is 1. The molecule has 2 aromatic carbocycles. The molecule has 0 bridgehead atoms. The lowest BCUT2D eigenvalue weighted by Crippen LogP contribution is -2.27. The minimum atomic E-state index is -0.0964. The van der Waals surface area contributed by atoms with Gasteiger partial charge < -0.3 is 19.3 Å². The molecule has 0 atom stereocenters. The molecule has 1 amide bonds. The monoisotopic (exact) mass is 340 g/mol. The van der Waals surface area contributed by atoms with Crippen LogP contribution in [0.25, 0.3) is 11.0 Å². The number of nitrogens with one attached hydrogen (secondary N) is 1. The SMILES string of the molecule is COc1ccc(OC)c(CCNC(=O)Cc2noc3ccccc23)c1. The van der Waals surface area contributed by atoms with Crippen LogP contribution < -0.4 is 14.8 Å². The normalized spacial score (nSPS) is 10.6. The van der Waals surface area contributed by atoms with Gasteiger partial charge in [-0.1, -0.05) is 17.3 Å². The molecule has 0 aliphatic heterocycles. The summed E-state index contributed by atoms with van der Waals surface area (Å²) in [6, 6.07) is 13.1. The second kappa shape index (κ2) is 7.70. The Morgan fingerprint density at radius 2 is 2.00 bits per heavy atom. The maximum Gasteiger partial charge on any atom is 0.226 e. The van der Waals surface area contributed by atoms with E-state index in [1.165, 1.54) is 0 Å². The molecule has 0 saturated heterocycles. The van der Waals surface area contributed by atoms with Crippen molar-refractivity contribution in [3.8, 4) is 11.5 Å². The van der Waals surface area contributed by atoms with Crippen LogP contribution in [-0.2, 0) is 17.6 Å². The molecule has 0 spiro atoms. The van der Waals surface area contributed by atoms with E-state index in [2.05, 4.69) is 10.5 Å².